The number of para-hydroxylation sites is 2. The Kier molecular flexibility index (Phi) is 12.6. The molecule has 0 aromatic heterocycles. The van der Waals surface area contributed by atoms with Crippen LogP contribution in [-0.4, -0.2) is 45.4 Å². The molecular formula is C58H50N4O4. The number of anilines is 6. The van der Waals surface area contributed by atoms with Gasteiger partial charge in [-0.25, -0.2) is 0 Å². The van der Waals surface area contributed by atoms with Gasteiger partial charge in [0, 0.05) is 52.8 Å². The maximum atomic E-state index is 14.1. The first-order valence-corrected chi connectivity index (χ1v) is 21.9. The monoisotopic (exact) mass is 866 g/mol. The third-order valence-electron chi connectivity index (χ3n) is 12.3. The number of methoxy groups -OCH3 is 2. The molecule has 1 N–H and O–H groups in total. The third-order valence-corrected chi connectivity index (χ3v) is 12.3. The summed E-state index contributed by atoms with van der Waals surface area (Å²) >= 11 is 0. The van der Waals surface area contributed by atoms with Crippen LogP contribution in [0.4, 0.5) is 34.1 Å². The van der Waals surface area contributed by atoms with Crippen LogP contribution in [-0.2, 0) is 9.59 Å². The molecule has 1 aliphatic rings. The van der Waals surface area contributed by atoms with Crippen LogP contribution in [0.5, 0.6) is 11.5 Å². The first-order valence-electron chi connectivity index (χ1n) is 21.9. The minimum Gasteiger partial charge on any atom is -0.497 e. The van der Waals surface area contributed by atoms with E-state index >= 15 is 0 Å². The smallest absolute Gasteiger partial charge is 0.236 e. The standard InChI is InChI=1S/C58H50N4O4/c1-59-56(44-19-15-40(16-20-44)42-23-27-48(28-24-42)61(46-11-7-5-8-12-46)50-31-35-52(65-3)36-32-50)55-54(39-63)57(60(2)58(55)64)45-21-17-41(18-22-45)43-25-29-49(30-26-43)62(47-13-9-6-10-14-47)51-33-37-53(66-4)38-34-51/h5-39,55-56,59H,1-4H3/t55?,56-/m0/s1. The van der Waals surface area contributed by atoms with E-state index in [4.69, 9.17) is 9.47 Å². The number of ether oxygens (including phenoxy) is 2. The summed E-state index contributed by atoms with van der Waals surface area (Å²) < 4.78 is 10.8. The van der Waals surface area contributed by atoms with Crippen molar-refractivity contribution in [3.63, 3.8) is 0 Å². The predicted octanol–water partition coefficient (Wildman–Crippen LogP) is 12.9. The molecule has 0 saturated heterocycles. The minimum atomic E-state index is -0.704. The second kappa shape index (κ2) is 19.3. The molecule has 326 valence electrons. The van der Waals surface area contributed by atoms with Gasteiger partial charge in [-0.15, -0.1) is 0 Å². The Balaban J connectivity index is 0.938. The van der Waals surface area contributed by atoms with Crippen molar-refractivity contribution in [2.24, 2.45) is 5.92 Å². The van der Waals surface area contributed by atoms with Crippen LogP contribution >= 0.6 is 0 Å². The summed E-state index contributed by atoms with van der Waals surface area (Å²) in [6.07, 6.45) is 0.847. The first-order chi connectivity index (χ1) is 32.4. The van der Waals surface area contributed by atoms with Crippen molar-refractivity contribution in [1.29, 1.82) is 0 Å². The van der Waals surface area contributed by atoms with Crippen LogP contribution in [0.1, 0.15) is 17.2 Å². The topological polar surface area (TPSA) is 74.3 Å². The van der Waals surface area contributed by atoms with E-state index in [0.717, 1.165) is 85.3 Å². The van der Waals surface area contributed by atoms with Crippen molar-refractivity contribution in [3.05, 3.63) is 223 Å². The number of carbonyl (C=O) groups excluding carboxylic acids is 2. The quantitative estimate of drug-likeness (QED) is 0.103. The van der Waals surface area contributed by atoms with Crippen molar-refractivity contribution < 1.29 is 19.1 Å². The van der Waals surface area contributed by atoms with Gasteiger partial charge in [-0.2, -0.15) is 0 Å². The minimum absolute atomic E-state index is 0.134. The van der Waals surface area contributed by atoms with Crippen molar-refractivity contribution in [3.8, 4) is 33.8 Å². The largest absolute Gasteiger partial charge is 0.497 e. The molecule has 0 aliphatic carbocycles. The molecule has 0 bridgehead atoms. The van der Waals surface area contributed by atoms with Crippen molar-refractivity contribution in [1.82, 2.24) is 10.2 Å². The highest BCUT2D eigenvalue weighted by molar-refractivity contribution is 6.07. The number of benzene rings is 8. The number of nitrogens with one attached hydrogen (secondary N) is 1. The number of hydrogen-bond donors (Lipinski definition) is 1. The summed E-state index contributed by atoms with van der Waals surface area (Å²) in [5, 5.41) is 3.37. The maximum absolute atomic E-state index is 14.1. The molecule has 1 amide bonds. The van der Waals surface area contributed by atoms with Gasteiger partial charge in [0.2, 0.25) is 5.91 Å². The average Bonchev–Trinajstić information content (AvgIpc) is 3.64. The summed E-state index contributed by atoms with van der Waals surface area (Å²) in [7, 11) is 6.93. The molecule has 8 aromatic carbocycles. The van der Waals surface area contributed by atoms with Gasteiger partial charge in [-0.1, -0.05) is 109 Å². The van der Waals surface area contributed by atoms with Gasteiger partial charge in [-0.05, 0) is 137 Å². The van der Waals surface area contributed by atoms with E-state index in [1.807, 2.05) is 104 Å². The maximum Gasteiger partial charge on any atom is 0.236 e. The summed E-state index contributed by atoms with van der Waals surface area (Å²) in [4.78, 5) is 33.2. The molecule has 0 fully saturated rings. The predicted molar refractivity (Wildman–Crippen MR) is 267 cm³/mol. The fraction of sp³-hybridized carbons (Fsp3) is 0.103. The van der Waals surface area contributed by atoms with Crippen LogP contribution < -0.4 is 24.6 Å². The number of carbonyl (C=O) groups is 2. The molecule has 0 radical (unpaired) electrons. The second-order valence-electron chi connectivity index (χ2n) is 16.1. The van der Waals surface area contributed by atoms with E-state index in [9.17, 15) is 9.59 Å². The normalized spacial score (nSPS) is 13.9. The van der Waals surface area contributed by atoms with Gasteiger partial charge >= 0.3 is 0 Å². The second-order valence-corrected chi connectivity index (χ2v) is 16.1. The molecule has 8 heteroatoms. The Bertz CT molecular complexity index is 2940. The lowest BCUT2D eigenvalue weighted by Crippen LogP contribution is -2.34. The van der Waals surface area contributed by atoms with E-state index in [2.05, 4.69) is 124 Å². The fourth-order valence-corrected chi connectivity index (χ4v) is 8.95. The highest BCUT2D eigenvalue weighted by Crippen LogP contribution is 2.43. The number of nitrogens with zero attached hydrogens (tertiary/aromatic N) is 3. The molecule has 0 spiro atoms. The zero-order valence-electron chi connectivity index (χ0n) is 37.3. The van der Waals surface area contributed by atoms with Crippen molar-refractivity contribution in [2.75, 3.05) is 38.1 Å². The van der Waals surface area contributed by atoms with Crippen LogP contribution in [0.3, 0.4) is 0 Å². The summed E-state index contributed by atoms with van der Waals surface area (Å²) in [5.74, 6) is 0.766. The lowest BCUT2D eigenvalue weighted by atomic mass is 9.86. The van der Waals surface area contributed by atoms with Gasteiger partial charge in [0.05, 0.1) is 25.8 Å². The van der Waals surface area contributed by atoms with E-state index in [-0.39, 0.29) is 5.91 Å². The van der Waals surface area contributed by atoms with Crippen LogP contribution in [0.25, 0.3) is 28.0 Å². The summed E-state index contributed by atoms with van der Waals surface area (Å²) in [5.41, 5.74) is 13.1. The SMILES string of the molecule is CN[C@@H](c1ccc(-c2ccc(N(c3ccccc3)c3ccc(OC)cc3)cc2)cc1)C1C(=O)N(C)C(c2ccc(-c3ccc(N(c4ccccc4)c4ccc(OC)cc4)cc3)cc2)=C1C=O. The molecule has 8 nitrogen and oxygen atoms in total. The molecule has 8 aromatic rings. The Morgan fingerprint density at radius 1 is 0.485 bits per heavy atom. The van der Waals surface area contributed by atoms with E-state index in [1.165, 1.54) is 0 Å². The number of hydrogen-bond acceptors (Lipinski definition) is 7. The molecule has 1 aliphatic heterocycles. The molecule has 2 atom stereocenters. The molecule has 1 heterocycles. The van der Waals surface area contributed by atoms with Gasteiger partial charge in [0.15, 0.2) is 0 Å². The third kappa shape index (κ3) is 8.57. The Labute approximate surface area is 386 Å². The Morgan fingerprint density at radius 2 is 0.818 bits per heavy atom. The van der Waals surface area contributed by atoms with Crippen LogP contribution in [0, 0.1) is 5.92 Å². The van der Waals surface area contributed by atoms with Crippen molar-refractivity contribution >= 4 is 52.0 Å². The van der Waals surface area contributed by atoms with Gasteiger partial charge in [-0.3, -0.25) is 9.59 Å². The van der Waals surface area contributed by atoms with Gasteiger partial charge < -0.3 is 29.5 Å². The first kappa shape index (κ1) is 43.1. The summed E-state index contributed by atoms with van der Waals surface area (Å²) in [6.45, 7) is 0. The van der Waals surface area contributed by atoms with Gasteiger partial charge in [0.25, 0.3) is 0 Å². The Morgan fingerprint density at radius 3 is 1.18 bits per heavy atom. The average molecular weight is 867 g/mol. The van der Waals surface area contributed by atoms with Crippen LogP contribution in [0.2, 0.25) is 0 Å². The Hall–Kier alpha value is -8.20. The fourth-order valence-electron chi connectivity index (χ4n) is 8.95. The number of aldehydes is 1. The summed E-state index contributed by atoms with van der Waals surface area (Å²) in [6, 6.07) is 69.5. The zero-order valence-corrected chi connectivity index (χ0v) is 37.3. The lowest BCUT2D eigenvalue weighted by Gasteiger charge is -2.26. The van der Waals surface area contributed by atoms with Gasteiger partial charge in [0.1, 0.15) is 17.8 Å². The highest BCUT2D eigenvalue weighted by atomic mass is 16.5. The van der Waals surface area contributed by atoms with E-state index < -0.39 is 12.0 Å². The molecular weight excluding hydrogens is 817 g/mol. The molecule has 1 unspecified atom stereocenters. The highest BCUT2D eigenvalue weighted by Gasteiger charge is 2.43. The van der Waals surface area contributed by atoms with E-state index in [0.29, 0.717) is 11.3 Å². The zero-order chi connectivity index (χ0) is 45.6. The number of rotatable bonds is 15. The molecule has 0 saturated carbocycles. The van der Waals surface area contributed by atoms with Crippen LogP contribution in [0.15, 0.2) is 212 Å². The molecule has 66 heavy (non-hydrogen) atoms. The molecule has 9 rings (SSSR count). The lowest BCUT2D eigenvalue weighted by molar-refractivity contribution is -0.130. The number of amides is 1. The van der Waals surface area contributed by atoms with Crippen molar-refractivity contribution in [2.45, 2.75) is 6.04 Å². The van der Waals surface area contributed by atoms with E-state index in [1.54, 1.807) is 26.2 Å².